The molecular formula is C19H19N3OS. The van der Waals surface area contributed by atoms with Crippen molar-refractivity contribution >= 4 is 34.4 Å². The molecule has 0 aliphatic carbocycles. The van der Waals surface area contributed by atoms with E-state index in [4.69, 9.17) is 0 Å². The van der Waals surface area contributed by atoms with Crippen molar-refractivity contribution in [2.24, 2.45) is 0 Å². The molecule has 4 nitrogen and oxygen atoms in total. The molecule has 0 spiro atoms. The van der Waals surface area contributed by atoms with Crippen LogP contribution in [0.3, 0.4) is 0 Å². The summed E-state index contributed by atoms with van der Waals surface area (Å²) in [7, 11) is 0. The number of pyridine rings is 1. The lowest BCUT2D eigenvalue weighted by atomic mass is 10.1. The van der Waals surface area contributed by atoms with Gasteiger partial charge in [0.1, 0.15) is 5.82 Å². The predicted octanol–water partition coefficient (Wildman–Crippen LogP) is 4.68. The Kier molecular flexibility index (Phi) is 4.91. The van der Waals surface area contributed by atoms with Gasteiger partial charge in [-0.1, -0.05) is 12.1 Å². The van der Waals surface area contributed by atoms with Gasteiger partial charge in [0.25, 0.3) is 0 Å². The molecule has 0 radical (unpaired) electrons. The molecule has 0 unspecified atom stereocenters. The molecule has 1 aromatic carbocycles. The van der Waals surface area contributed by atoms with Gasteiger partial charge < -0.3 is 10.6 Å². The van der Waals surface area contributed by atoms with Crippen LogP contribution in [0.15, 0.2) is 54.0 Å². The predicted molar refractivity (Wildman–Crippen MR) is 100 cm³/mol. The lowest BCUT2D eigenvalue weighted by Crippen LogP contribution is -2.14. The first-order chi connectivity index (χ1) is 11.6. The lowest BCUT2D eigenvalue weighted by Gasteiger charge is -2.09. The van der Waals surface area contributed by atoms with Crippen molar-refractivity contribution in [1.82, 2.24) is 4.98 Å². The number of nitrogens with one attached hydrogen (secondary N) is 2. The molecule has 0 atom stereocenters. The van der Waals surface area contributed by atoms with Crippen molar-refractivity contribution < 1.29 is 4.79 Å². The molecule has 5 heteroatoms. The Bertz CT molecular complexity index is 826. The smallest absolute Gasteiger partial charge is 0.230 e. The number of carbonyl (C=O) groups excluding carboxylic acids is 1. The van der Waals surface area contributed by atoms with Gasteiger partial charge in [-0.3, -0.25) is 4.79 Å². The van der Waals surface area contributed by atoms with Crippen LogP contribution in [0.5, 0.6) is 0 Å². The minimum Gasteiger partial charge on any atom is -0.354 e. The summed E-state index contributed by atoms with van der Waals surface area (Å²) in [6.45, 7) is 4.18. The molecule has 3 rings (SSSR count). The normalized spacial score (nSPS) is 10.4. The molecule has 0 saturated heterocycles. The first kappa shape index (κ1) is 16.2. The SMILES string of the molecule is Cc1ccc(Nc2ccc(NC(=O)Cc3cccs3)nc2)cc1C. The topological polar surface area (TPSA) is 54.0 Å². The molecule has 0 saturated carbocycles. The van der Waals surface area contributed by atoms with Gasteiger partial charge in [-0.05, 0) is 60.7 Å². The van der Waals surface area contributed by atoms with Gasteiger partial charge in [0, 0.05) is 10.6 Å². The third-order valence-electron chi connectivity index (χ3n) is 3.74. The highest BCUT2D eigenvalue weighted by Crippen LogP contribution is 2.20. The van der Waals surface area contributed by atoms with Crippen LogP contribution in [-0.4, -0.2) is 10.9 Å². The highest BCUT2D eigenvalue weighted by atomic mass is 32.1. The van der Waals surface area contributed by atoms with Crippen LogP contribution in [0.2, 0.25) is 0 Å². The highest BCUT2D eigenvalue weighted by molar-refractivity contribution is 7.10. The van der Waals surface area contributed by atoms with Gasteiger partial charge in [-0.2, -0.15) is 0 Å². The van der Waals surface area contributed by atoms with Gasteiger partial charge in [0.05, 0.1) is 18.3 Å². The number of amides is 1. The van der Waals surface area contributed by atoms with Crippen LogP contribution in [0, 0.1) is 13.8 Å². The van der Waals surface area contributed by atoms with E-state index in [0.717, 1.165) is 16.3 Å². The molecule has 24 heavy (non-hydrogen) atoms. The third-order valence-corrected chi connectivity index (χ3v) is 4.62. The van der Waals surface area contributed by atoms with Crippen LogP contribution in [0.25, 0.3) is 0 Å². The zero-order valence-electron chi connectivity index (χ0n) is 13.7. The van der Waals surface area contributed by atoms with Gasteiger partial charge in [-0.15, -0.1) is 11.3 Å². The zero-order chi connectivity index (χ0) is 16.9. The quantitative estimate of drug-likeness (QED) is 0.710. The molecule has 0 aliphatic heterocycles. The molecule has 2 heterocycles. The van der Waals surface area contributed by atoms with Crippen LogP contribution in [0.4, 0.5) is 17.2 Å². The Morgan fingerprint density at radius 3 is 2.58 bits per heavy atom. The molecule has 2 aromatic heterocycles. The maximum absolute atomic E-state index is 12.0. The van der Waals surface area contributed by atoms with E-state index in [0.29, 0.717) is 12.2 Å². The van der Waals surface area contributed by atoms with E-state index in [1.165, 1.54) is 11.1 Å². The fourth-order valence-corrected chi connectivity index (χ4v) is 2.99. The van der Waals surface area contributed by atoms with Crippen molar-refractivity contribution in [3.8, 4) is 0 Å². The molecule has 2 N–H and O–H groups in total. The molecule has 122 valence electrons. The number of aryl methyl sites for hydroxylation is 2. The molecule has 1 amide bonds. The molecule has 0 aliphatic rings. The van der Waals surface area contributed by atoms with Gasteiger partial charge >= 0.3 is 0 Å². The van der Waals surface area contributed by atoms with Crippen LogP contribution in [0.1, 0.15) is 16.0 Å². The maximum Gasteiger partial charge on any atom is 0.230 e. The maximum atomic E-state index is 12.0. The Morgan fingerprint density at radius 1 is 1.08 bits per heavy atom. The van der Waals surface area contributed by atoms with Crippen LogP contribution in [-0.2, 0) is 11.2 Å². The summed E-state index contributed by atoms with van der Waals surface area (Å²) in [6.07, 6.45) is 2.10. The van der Waals surface area contributed by atoms with E-state index in [-0.39, 0.29) is 5.91 Å². The summed E-state index contributed by atoms with van der Waals surface area (Å²) < 4.78 is 0. The monoisotopic (exact) mass is 337 g/mol. The number of aromatic nitrogens is 1. The number of thiophene rings is 1. The third kappa shape index (κ3) is 4.20. The average Bonchev–Trinajstić information content (AvgIpc) is 3.06. The van der Waals surface area contributed by atoms with Crippen molar-refractivity contribution in [3.63, 3.8) is 0 Å². The second-order valence-corrected chi connectivity index (χ2v) is 6.69. The van der Waals surface area contributed by atoms with E-state index in [9.17, 15) is 4.79 Å². The van der Waals surface area contributed by atoms with E-state index < -0.39 is 0 Å². The van der Waals surface area contributed by atoms with Crippen molar-refractivity contribution in [3.05, 3.63) is 70.0 Å². The number of anilines is 3. The van der Waals surface area contributed by atoms with Gasteiger partial charge in [0.15, 0.2) is 0 Å². The first-order valence-electron chi connectivity index (χ1n) is 7.73. The van der Waals surface area contributed by atoms with Crippen LogP contribution < -0.4 is 10.6 Å². The second kappa shape index (κ2) is 7.27. The Labute approximate surface area is 145 Å². The summed E-state index contributed by atoms with van der Waals surface area (Å²) in [5.74, 6) is 0.502. The zero-order valence-corrected chi connectivity index (χ0v) is 14.5. The fraction of sp³-hybridized carbons (Fsp3) is 0.158. The van der Waals surface area contributed by atoms with E-state index in [1.807, 2.05) is 29.6 Å². The summed E-state index contributed by atoms with van der Waals surface area (Å²) >= 11 is 1.58. The highest BCUT2D eigenvalue weighted by Gasteiger charge is 2.06. The molecule has 0 bridgehead atoms. The van der Waals surface area contributed by atoms with Crippen molar-refractivity contribution in [2.75, 3.05) is 10.6 Å². The molecule has 0 fully saturated rings. The summed E-state index contributed by atoms with van der Waals surface area (Å²) in [6, 6.07) is 13.8. The Hall–Kier alpha value is -2.66. The van der Waals surface area contributed by atoms with E-state index >= 15 is 0 Å². The first-order valence-corrected chi connectivity index (χ1v) is 8.61. The largest absolute Gasteiger partial charge is 0.354 e. The minimum atomic E-state index is -0.0557. The number of carbonyl (C=O) groups is 1. The minimum absolute atomic E-state index is 0.0557. The summed E-state index contributed by atoms with van der Waals surface area (Å²) in [4.78, 5) is 17.3. The number of hydrogen-bond acceptors (Lipinski definition) is 4. The Morgan fingerprint density at radius 2 is 1.92 bits per heavy atom. The number of hydrogen-bond donors (Lipinski definition) is 2. The molecule has 3 aromatic rings. The van der Waals surface area contributed by atoms with Crippen LogP contribution >= 0.6 is 11.3 Å². The number of benzene rings is 1. The molecular weight excluding hydrogens is 318 g/mol. The van der Waals surface area contributed by atoms with E-state index in [2.05, 4.69) is 41.6 Å². The standard InChI is InChI=1S/C19H19N3OS/c1-13-5-6-15(10-14(13)2)21-16-7-8-18(20-12-16)22-19(23)11-17-4-3-9-24-17/h3-10,12,21H,11H2,1-2H3,(H,20,22,23). The summed E-state index contributed by atoms with van der Waals surface area (Å²) in [5.41, 5.74) is 4.41. The Balaban J connectivity index is 1.60. The van der Waals surface area contributed by atoms with Crippen molar-refractivity contribution in [1.29, 1.82) is 0 Å². The number of nitrogens with zero attached hydrogens (tertiary/aromatic N) is 1. The van der Waals surface area contributed by atoms with Gasteiger partial charge in [-0.25, -0.2) is 4.98 Å². The second-order valence-electron chi connectivity index (χ2n) is 5.66. The van der Waals surface area contributed by atoms with Crippen molar-refractivity contribution in [2.45, 2.75) is 20.3 Å². The summed E-state index contributed by atoms with van der Waals surface area (Å²) in [5, 5.41) is 8.10. The van der Waals surface area contributed by atoms with E-state index in [1.54, 1.807) is 23.6 Å². The fourth-order valence-electron chi connectivity index (χ4n) is 2.29. The number of rotatable bonds is 5. The van der Waals surface area contributed by atoms with Gasteiger partial charge in [0.2, 0.25) is 5.91 Å². The average molecular weight is 337 g/mol. The lowest BCUT2D eigenvalue weighted by molar-refractivity contribution is -0.115.